The van der Waals surface area contributed by atoms with Crippen molar-refractivity contribution in [2.45, 2.75) is 45.6 Å². The number of amides is 1. The fraction of sp³-hybridized carbons (Fsp3) is 0.474. The molecular weight excluding hydrogens is 332 g/mol. The number of carbonyl (C=O) groups excluding carboxylic acids is 1. The van der Waals surface area contributed by atoms with Crippen LogP contribution in [0.1, 0.15) is 38.7 Å². The highest BCUT2D eigenvalue weighted by Gasteiger charge is 2.27. The van der Waals surface area contributed by atoms with Crippen molar-refractivity contribution >= 4 is 34.1 Å². The second kappa shape index (κ2) is 7.87. The summed E-state index contributed by atoms with van der Waals surface area (Å²) in [6.07, 6.45) is 5.80. The normalized spacial score (nSPS) is 23.2. The van der Waals surface area contributed by atoms with E-state index in [0.29, 0.717) is 29.4 Å². The Morgan fingerprint density at radius 1 is 1.24 bits per heavy atom. The van der Waals surface area contributed by atoms with Crippen LogP contribution in [0.3, 0.4) is 0 Å². The lowest BCUT2D eigenvalue weighted by Gasteiger charge is -2.35. The molecule has 1 saturated carbocycles. The molecule has 5 nitrogen and oxygen atoms in total. The quantitative estimate of drug-likeness (QED) is 0.503. The number of nitrogens with one attached hydrogen (secondary N) is 4. The van der Waals surface area contributed by atoms with Crippen LogP contribution in [0.15, 0.2) is 30.5 Å². The van der Waals surface area contributed by atoms with Gasteiger partial charge >= 0.3 is 0 Å². The zero-order valence-electron chi connectivity index (χ0n) is 14.8. The summed E-state index contributed by atoms with van der Waals surface area (Å²) < 4.78 is 0. The molecule has 4 N–H and O–H groups in total. The third kappa shape index (κ3) is 4.31. The topological polar surface area (TPSA) is 68.9 Å². The SMILES string of the molecule is C[C@@H]1[C@@H](C)CCC[C@H]1NC(=S)NNC(=O)Cc1c[nH]c2ccccc12. The first-order chi connectivity index (χ1) is 12.0. The van der Waals surface area contributed by atoms with Gasteiger partial charge in [0.2, 0.25) is 5.91 Å². The molecule has 25 heavy (non-hydrogen) atoms. The Labute approximate surface area is 153 Å². The van der Waals surface area contributed by atoms with Gasteiger partial charge in [-0.05, 0) is 42.1 Å². The van der Waals surface area contributed by atoms with Crippen LogP contribution in [0.25, 0.3) is 10.9 Å². The number of H-pyrrole nitrogens is 1. The molecule has 1 heterocycles. The summed E-state index contributed by atoms with van der Waals surface area (Å²) in [5, 5.41) is 4.90. The molecule has 0 radical (unpaired) electrons. The summed E-state index contributed by atoms with van der Waals surface area (Å²) in [6.45, 7) is 4.55. The van der Waals surface area contributed by atoms with Crippen LogP contribution in [-0.2, 0) is 11.2 Å². The summed E-state index contributed by atoms with van der Waals surface area (Å²) in [4.78, 5) is 15.4. The second-order valence-corrected chi connectivity index (χ2v) is 7.46. The van der Waals surface area contributed by atoms with Gasteiger partial charge in [-0.1, -0.05) is 44.9 Å². The Balaban J connectivity index is 1.48. The van der Waals surface area contributed by atoms with Crippen molar-refractivity contribution in [1.82, 2.24) is 21.2 Å². The maximum Gasteiger partial charge on any atom is 0.242 e. The Bertz CT molecular complexity index is 757. The molecule has 0 aliphatic heterocycles. The van der Waals surface area contributed by atoms with Crippen LogP contribution in [-0.4, -0.2) is 22.0 Å². The van der Waals surface area contributed by atoms with Crippen LogP contribution >= 0.6 is 12.2 Å². The first-order valence-corrected chi connectivity index (χ1v) is 9.35. The Morgan fingerprint density at radius 3 is 2.88 bits per heavy atom. The van der Waals surface area contributed by atoms with Gasteiger partial charge in [-0.25, -0.2) is 0 Å². The number of hydrazine groups is 1. The first kappa shape index (κ1) is 17.7. The van der Waals surface area contributed by atoms with E-state index in [9.17, 15) is 4.79 Å². The van der Waals surface area contributed by atoms with Gasteiger partial charge < -0.3 is 10.3 Å². The van der Waals surface area contributed by atoms with E-state index in [4.69, 9.17) is 12.2 Å². The van der Waals surface area contributed by atoms with E-state index in [1.165, 1.54) is 12.8 Å². The third-order valence-corrected chi connectivity index (χ3v) is 5.58. The average Bonchev–Trinajstić information content (AvgIpc) is 3.00. The maximum absolute atomic E-state index is 12.2. The van der Waals surface area contributed by atoms with E-state index >= 15 is 0 Å². The van der Waals surface area contributed by atoms with E-state index in [0.717, 1.165) is 22.9 Å². The molecular formula is C19H26N4OS. The van der Waals surface area contributed by atoms with Crippen molar-refractivity contribution in [3.05, 3.63) is 36.0 Å². The molecule has 1 aliphatic rings. The molecule has 0 saturated heterocycles. The zero-order valence-corrected chi connectivity index (χ0v) is 15.6. The molecule has 0 unspecified atom stereocenters. The summed E-state index contributed by atoms with van der Waals surface area (Å²) in [5.74, 6) is 1.17. The highest BCUT2D eigenvalue weighted by molar-refractivity contribution is 7.80. The maximum atomic E-state index is 12.2. The van der Waals surface area contributed by atoms with Crippen molar-refractivity contribution in [2.24, 2.45) is 11.8 Å². The predicted molar refractivity (Wildman–Crippen MR) is 105 cm³/mol. The standard InChI is InChI=1S/C19H26N4OS/c1-12-6-5-9-16(13(12)2)21-19(25)23-22-18(24)10-14-11-20-17-8-4-3-7-15(14)17/h3-4,7-8,11-13,16,20H,5-6,9-10H2,1-2H3,(H,22,24)(H2,21,23,25)/t12-,13+,16+/m0/s1. The third-order valence-electron chi connectivity index (χ3n) is 5.36. The van der Waals surface area contributed by atoms with Crippen LogP contribution in [0.5, 0.6) is 0 Å². The molecule has 1 amide bonds. The van der Waals surface area contributed by atoms with Gasteiger partial charge in [-0.3, -0.25) is 15.6 Å². The lowest BCUT2D eigenvalue weighted by Crippen LogP contribution is -2.52. The van der Waals surface area contributed by atoms with Gasteiger partial charge in [0, 0.05) is 23.1 Å². The molecule has 2 aromatic rings. The molecule has 1 aromatic heterocycles. The van der Waals surface area contributed by atoms with Crippen molar-refractivity contribution in [3.63, 3.8) is 0 Å². The van der Waals surface area contributed by atoms with Gasteiger partial charge in [0.15, 0.2) is 5.11 Å². The number of hydrogen-bond donors (Lipinski definition) is 4. The number of fused-ring (bicyclic) bond motifs is 1. The number of aromatic amines is 1. The molecule has 1 aliphatic carbocycles. The minimum Gasteiger partial charge on any atom is -0.361 e. The smallest absolute Gasteiger partial charge is 0.242 e. The van der Waals surface area contributed by atoms with Crippen molar-refractivity contribution in [2.75, 3.05) is 0 Å². The number of para-hydroxylation sites is 1. The lowest BCUT2D eigenvalue weighted by molar-refractivity contribution is -0.121. The highest BCUT2D eigenvalue weighted by Crippen LogP contribution is 2.29. The molecule has 1 aromatic carbocycles. The largest absolute Gasteiger partial charge is 0.361 e. The molecule has 0 bridgehead atoms. The number of aromatic nitrogens is 1. The van der Waals surface area contributed by atoms with Crippen LogP contribution in [0.4, 0.5) is 0 Å². The van der Waals surface area contributed by atoms with Gasteiger partial charge in [-0.2, -0.15) is 0 Å². The average molecular weight is 359 g/mol. The van der Waals surface area contributed by atoms with E-state index in [1.54, 1.807) is 0 Å². The minimum atomic E-state index is -0.112. The van der Waals surface area contributed by atoms with Gasteiger partial charge in [0.1, 0.15) is 0 Å². The van der Waals surface area contributed by atoms with Crippen LogP contribution < -0.4 is 16.2 Å². The number of thiocarbonyl (C=S) groups is 1. The van der Waals surface area contributed by atoms with E-state index in [1.807, 2.05) is 30.5 Å². The van der Waals surface area contributed by atoms with E-state index < -0.39 is 0 Å². The molecule has 0 spiro atoms. The Kier molecular flexibility index (Phi) is 5.58. The fourth-order valence-corrected chi connectivity index (χ4v) is 3.81. The zero-order chi connectivity index (χ0) is 17.8. The molecule has 3 atom stereocenters. The number of hydrogen-bond acceptors (Lipinski definition) is 2. The van der Waals surface area contributed by atoms with Crippen LogP contribution in [0, 0.1) is 11.8 Å². The molecule has 6 heteroatoms. The number of benzene rings is 1. The first-order valence-electron chi connectivity index (χ1n) is 8.95. The summed E-state index contributed by atoms with van der Waals surface area (Å²) in [7, 11) is 0. The minimum absolute atomic E-state index is 0.112. The molecule has 3 rings (SSSR count). The summed E-state index contributed by atoms with van der Waals surface area (Å²) in [5.41, 5.74) is 7.54. The Morgan fingerprint density at radius 2 is 2.04 bits per heavy atom. The summed E-state index contributed by atoms with van der Waals surface area (Å²) in [6, 6.07) is 8.33. The lowest BCUT2D eigenvalue weighted by atomic mass is 9.78. The van der Waals surface area contributed by atoms with Gasteiger partial charge in [0.05, 0.1) is 6.42 Å². The number of rotatable bonds is 3. The molecule has 1 fully saturated rings. The molecule has 134 valence electrons. The highest BCUT2D eigenvalue weighted by atomic mass is 32.1. The predicted octanol–water partition coefficient (Wildman–Crippen LogP) is 3.03. The summed E-state index contributed by atoms with van der Waals surface area (Å²) >= 11 is 5.33. The number of carbonyl (C=O) groups is 1. The van der Waals surface area contributed by atoms with Gasteiger partial charge in [-0.15, -0.1) is 0 Å². The van der Waals surface area contributed by atoms with Crippen molar-refractivity contribution < 1.29 is 4.79 Å². The monoisotopic (exact) mass is 358 g/mol. The van der Waals surface area contributed by atoms with Crippen LogP contribution in [0.2, 0.25) is 0 Å². The Hall–Kier alpha value is -2.08. The van der Waals surface area contributed by atoms with E-state index in [2.05, 4.69) is 35.0 Å². The van der Waals surface area contributed by atoms with Gasteiger partial charge in [0.25, 0.3) is 0 Å². The van der Waals surface area contributed by atoms with E-state index in [-0.39, 0.29) is 5.91 Å². The van der Waals surface area contributed by atoms with Crippen molar-refractivity contribution in [3.8, 4) is 0 Å². The fourth-order valence-electron chi connectivity index (χ4n) is 3.61. The van der Waals surface area contributed by atoms with Crippen molar-refractivity contribution in [1.29, 1.82) is 0 Å². The second-order valence-electron chi connectivity index (χ2n) is 7.06.